The van der Waals surface area contributed by atoms with Crippen molar-refractivity contribution in [2.75, 3.05) is 0 Å². The van der Waals surface area contributed by atoms with Crippen LogP contribution in [0.3, 0.4) is 0 Å². The summed E-state index contributed by atoms with van der Waals surface area (Å²) < 4.78 is 27.1. The van der Waals surface area contributed by atoms with Crippen LogP contribution < -0.4 is 0 Å². The van der Waals surface area contributed by atoms with E-state index >= 15 is 0 Å². The van der Waals surface area contributed by atoms with Gasteiger partial charge in [-0.15, -0.1) is 56.7 Å². The third-order valence-electron chi connectivity index (χ3n) is 17.1. The second kappa shape index (κ2) is 18.6. The van der Waals surface area contributed by atoms with Crippen LogP contribution in [0.1, 0.15) is 84.3 Å². The second-order valence-electron chi connectivity index (χ2n) is 21.9. The van der Waals surface area contributed by atoms with Crippen LogP contribution in [0, 0.1) is 57.3 Å². The van der Waals surface area contributed by atoms with Gasteiger partial charge in [-0.25, -0.2) is 0 Å². The Hall–Kier alpha value is -7.82. The molecule has 0 saturated heterocycles. The van der Waals surface area contributed by atoms with Gasteiger partial charge in [0, 0.05) is 51.2 Å². The first-order chi connectivity index (χ1) is 40.1. The number of aromatic nitrogens is 4. The number of fused-ring (bicyclic) bond motifs is 14. The van der Waals surface area contributed by atoms with Crippen molar-refractivity contribution in [1.82, 2.24) is 17.5 Å². The van der Waals surface area contributed by atoms with Crippen LogP contribution in [-0.4, -0.2) is 17.5 Å². The molecule has 16 rings (SSSR count). The predicted octanol–water partition coefficient (Wildman–Crippen LogP) is 20.0. The van der Waals surface area contributed by atoms with Crippen LogP contribution in [0.5, 0.6) is 0 Å². The normalized spacial score (nSPS) is 13.7. The van der Waals surface area contributed by atoms with Gasteiger partial charge in [0.15, 0.2) is 0 Å². The van der Waals surface area contributed by atoms with Crippen molar-refractivity contribution in [2.24, 2.45) is 0 Å². The van der Waals surface area contributed by atoms with Crippen LogP contribution in [-0.2, 0) is 17.3 Å². The zero-order chi connectivity index (χ0) is 55.3. The summed E-state index contributed by atoms with van der Waals surface area (Å²) in [6.45, 7) is 10.9. The summed E-state index contributed by atoms with van der Waals surface area (Å²) in [7, 11) is 0. The van der Waals surface area contributed by atoms with E-state index in [1.165, 1.54) is 149 Å². The highest BCUT2D eigenvalue weighted by atomic mass is 32.1. The van der Waals surface area contributed by atoms with E-state index in [4.69, 9.17) is 17.5 Å². The lowest BCUT2D eigenvalue weighted by atomic mass is 9.65. The van der Waals surface area contributed by atoms with Crippen LogP contribution in [0.25, 0.3) is 92.0 Å². The monoisotopic (exact) mass is 1180 g/mol. The van der Waals surface area contributed by atoms with Gasteiger partial charge in [-0.1, -0.05) is 150 Å². The minimum Gasteiger partial charge on any atom is -0.192 e. The zero-order valence-corrected chi connectivity index (χ0v) is 50.6. The number of hydrogen-bond donors (Lipinski definition) is 0. The van der Waals surface area contributed by atoms with E-state index in [0.29, 0.717) is 12.8 Å². The van der Waals surface area contributed by atoms with Crippen molar-refractivity contribution in [3.63, 3.8) is 0 Å². The summed E-state index contributed by atoms with van der Waals surface area (Å²) in [6, 6.07) is 60.4. The van der Waals surface area contributed by atoms with E-state index in [2.05, 4.69) is 180 Å². The molecule has 6 nitrogen and oxygen atoms in total. The first-order valence-electron chi connectivity index (χ1n) is 27.1. The van der Waals surface area contributed by atoms with E-state index in [1.54, 1.807) is 6.08 Å². The molecule has 7 aromatic carbocycles. The van der Waals surface area contributed by atoms with Crippen LogP contribution >= 0.6 is 80.1 Å². The molecule has 0 radical (unpaired) electrons. The number of thiophene rings is 5. The Balaban J connectivity index is 0.967. The van der Waals surface area contributed by atoms with Gasteiger partial charge in [0.2, 0.25) is 0 Å². The van der Waals surface area contributed by atoms with Gasteiger partial charge in [-0.05, 0) is 127 Å². The average Bonchev–Trinajstić information content (AvgIpc) is 1.67. The molecule has 0 N–H and O–H groups in total. The number of hydrogen-bond acceptors (Lipinski definition) is 13. The lowest BCUT2D eigenvalue weighted by Gasteiger charge is -2.35. The van der Waals surface area contributed by atoms with Crippen LogP contribution in [0.4, 0.5) is 0 Å². The number of nitriles is 2. The molecule has 0 aliphatic heterocycles. The minimum absolute atomic E-state index is 0.134. The maximum Gasteiger partial charge on any atom is 0.125 e. The minimum atomic E-state index is -0.645. The fourth-order valence-electron chi connectivity index (χ4n) is 13.2. The van der Waals surface area contributed by atoms with Gasteiger partial charge in [0.05, 0.1) is 53.1 Å². The predicted molar refractivity (Wildman–Crippen MR) is 347 cm³/mol. The topological polar surface area (TPSA) is 99.1 Å². The molecule has 13 heteroatoms. The summed E-state index contributed by atoms with van der Waals surface area (Å²) >= 11 is 12.1. The first kappa shape index (κ1) is 50.0. The molecule has 2 aliphatic carbocycles. The highest BCUT2D eigenvalue weighted by Gasteiger charge is 2.54. The molecule has 0 spiro atoms. The SMILES string of the molecule is Cc1ccc(C2(c3ccc(C)cc3)c3cc4c(cc3-c3sc5cc(-c6ccc(C)c7nsnc67)sc5c32)C(c2ccc(C)cc2)(c2ccc(C)cc2)c2c-4sc3c2sc2cc(-c4ccc(CCC=C(C#N)C#N)c5nsnc45)sc23)cc1. The molecule has 0 atom stereocenters. The molecule has 0 amide bonds. The van der Waals surface area contributed by atoms with E-state index < -0.39 is 10.8 Å². The molecule has 7 aromatic heterocycles. The largest absolute Gasteiger partial charge is 0.192 e. The molecular weight excluding hydrogens is 1140 g/mol. The maximum absolute atomic E-state index is 9.35. The van der Waals surface area contributed by atoms with Gasteiger partial charge in [-0.3, -0.25) is 0 Å². The van der Waals surface area contributed by atoms with Gasteiger partial charge < -0.3 is 0 Å². The van der Waals surface area contributed by atoms with Gasteiger partial charge >= 0.3 is 0 Å². The van der Waals surface area contributed by atoms with E-state index in [0.717, 1.165) is 44.3 Å². The molecule has 14 aromatic rings. The molecule has 0 unspecified atom stereocenters. The van der Waals surface area contributed by atoms with E-state index in [9.17, 15) is 10.5 Å². The molecule has 0 saturated carbocycles. The lowest BCUT2D eigenvalue weighted by Crippen LogP contribution is -2.30. The van der Waals surface area contributed by atoms with Crippen molar-refractivity contribution in [3.8, 4) is 53.9 Å². The number of allylic oxidation sites excluding steroid dienone is 2. The molecule has 7 heterocycles. The summed E-state index contributed by atoms with van der Waals surface area (Å²) in [5.41, 5.74) is 25.0. The fourth-order valence-corrected chi connectivity index (χ4v) is 21.6. The van der Waals surface area contributed by atoms with E-state index in [1.807, 2.05) is 68.8 Å². The third kappa shape index (κ3) is 7.02. The maximum atomic E-state index is 9.35. The molecule has 392 valence electrons. The molecule has 82 heavy (non-hydrogen) atoms. The second-order valence-corrected chi connectivity index (χ2v) is 28.2. The van der Waals surface area contributed by atoms with Crippen molar-refractivity contribution in [1.29, 1.82) is 10.5 Å². The van der Waals surface area contributed by atoms with Crippen molar-refractivity contribution in [2.45, 2.75) is 58.3 Å². The Morgan fingerprint density at radius 2 is 0.890 bits per heavy atom. The zero-order valence-electron chi connectivity index (χ0n) is 44.9. The lowest BCUT2D eigenvalue weighted by molar-refractivity contribution is 0.766. The number of nitrogens with zero attached hydrogens (tertiary/aromatic N) is 6. The Kier molecular flexibility index (Phi) is 11.3. The van der Waals surface area contributed by atoms with Gasteiger partial charge in [0.1, 0.15) is 39.8 Å². The van der Waals surface area contributed by atoms with Crippen molar-refractivity contribution in [3.05, 3.63) is 235 Å². The first-order valence-corrected chi connectivity index (χ1v) is 32.6. The standard InChI is InChI=1S/C69H44N6S7/c1-35-9-19-42(20-10-35)68(43-21-11-36(2)12-22-43)50-30-49-51(29-48(50)62-56(68)64-54(78-62)31-52(76-64)46-27-17-39(5)58-60(46)74-81-72-58)69(44-23-13-37(3)14-24-44,45-25-15-38(4)16-26-45)57-63(49)80-67-65-55(79-66(57)67)32-53(77-65)47-28-18-41(59-61(47)75-82-73-59)8-6-7-40(33-70)34-71/h7,9-32H,6,8H2,1-5H3. The number of rotatable bonds is 9. The Bertz CT molecular complexity index is 5010. The molecule has 2 aliphatic rings. The summed E-state index contributed by atoms with van der Waals surface area (Å²) in [5.74, 6) is 0. The summed E-state index contributed by atoms with van der Waals surface area (Å²) in [5, 5.41) is 18.7. The summed E-state index contributed by atoms with van der Waals surface area (Å²) in [6.07, 6.45) is 2.95. The van der Waals surface area contributed by atoms with Gasteiger partial charge in [-0.2, -0.15) is 28.0 Å². The molecule has 0 bridgehead atoms. The third-order valence-corrected chi connectivity index (χ3v) is 24.6. The van der Waals surface area contributed by atoms with Crippen LogP contribution in [0.15, 0.2) is 157 Å². The number of benzene rings is 7. The quantitative estimate of drug-likeness (QED) is 0.134. The Labute approximate surface area is 501 Å². The Morgan fingerprint density at radius 3 is 1.43 bits per heavy atom. The molecular formula is C69H44N6S7. The van der Waals surface area contributed by atoms with Crippen molar-refractivity contribution < 1.29 is 0 Å². The smallest absolute Gasteiger partial charge is 0.125 e. The Morgan fingerprint density at radius 1 is 0.439 bits per heavy atom. The highest BCUT2D eigenvalue weighted by molar-refractivity contribution is 7.40. The average molecular weight is 1180 g/mol. The van der Waals surface area contributed by atoms with Crippen LogP contribution in [0.2, 0.25) is 0 Å². The van der Waals surface area contributed by atoms with Crippen molar-refractivity contribution >= 4 is 130 Å². The summed E-state index contributed by atoms with van der Waals surface area (Å²) in [4.78, 5) is 5.05. The fraction of sp³-hybridized carbons (Fsp3) is 0.130. The van der Waals surface area contributed by atoms with Gasteiger partial charge in [0.25, 0.3) is 0 Å². The molecule has 0 fully saturated rings. The highest BCUT2D eigenvalue weighted by Crippen LogP contribution is 2.69. The van der Waals surface area contributed by atoms with E-state index in [-0.39, 0.29) is 5.57 Å². The number of aryl methyl sites for hydroxylation is 6.